The smallest absolute Gasteiger partial charge is 0.327 e. The maximum atomic E-state index is 9.51. The van der Waals surface area contributed by atoms with Gasteiger partial charge in [-0.2, -0.15) is 0 Å². The molecule has 0 unspecified atom stereocenters. The van der Waals surface area contributed by atoms with E-state index in [2.05, 4.69) is 48.5 Å². The Morgan fingerprint density at radius 3 is 1.50 bits per heavy atom. The summed E-state index contributed by atoms with van der Waals surface area (Å²) >= 11 is 0. The Morgan fingerprint density at radius 1 is 0.889 bits per heavy atom. The van der Waals surface area contributed by atoms with Crippen molar-refractivity contribution >= 4 is 5.97 Å². The molecule has 2 nitrogen and oxygen atoms in total. The second-order valence-electron chi connectivity index (χ2n) is 3.57. The van der Waals surface area contributed by atoms with Gasteiger partial charge >= 0.3 is 5.97 Å². The largest absolute Gasteiger partial charge is 0.478 e. The van der Waals surface area contributed by atoms with Gasteiger partial charge in [0.25, 0.3) is 0 Å². The van der Waals surface area contributed by atoms with Gasteiger partial charge in [0, 0.05) is 6.08 Å². The lowest BCUT2D eigenvalue weighted by Gasteiger charge is -1.98. The molecule has 0 aliphatic heterocycles. The molecule has 0 aromatic heterocycles. The van der Waals surface area contributed by atoms with Gasteiger partial charge in [-0.25, -0.2) is 4.79 Å². The van der Waals surface area contributed by atoms with Crippen LogP contribution in [0.3, 0.4) is 0 Å². The van der Waals surface area contributed by atoms with Crippen molar-refractivity contribution in [2.45, 2.75) is 6.92 Å². The van der Waals surface area contributed by atoms with Crippen molar-refractivity contribution in [1.29, 1.82) is 0 Å². The summed E-state index contributed by atoms with van der Waals surface area (Å²) < 4.78 is 0. The first-order chi connectivity index (χ1) is 8.74. The minimum Gasteiger partial charge on any atom is -0.478 e. The van der Waals surface area contributed by atoms with Crippen molar-refractivity contribution < 1.29 is 9.90 Å². The van der Waals surface area contributed by atoms with Gasteiger partial charge in [0.1, 0.15) is 0 Å². The first-order valence-corrected chi connectivity index (χ1v) is 5.70. The summed E-state index contributed by atoms with van der Waals surface area (Å²) in [5, 5.41) is 7.83. The van der Waals surface area contributed by atoms with E-state index < -0.39 is 5.97 Å². The minimum atomic E-state index is -0.891. The molecule has 0 spiro atoms. The van der Waals surface area contributed by atoms with Crippen LogP contribution in [0.5, 0.6) is 0 Å². The molecular weight excluding hydrogens is 224 g/mol. The molecule has 0 aliphatic rings. The number of carboxylic acids is 1. The molecule has 0 saturated heterocycles. The fourth-order valence-corrected chi connectivity index (χ4v) is 1.40. The van der Waals surface area contributed by atoms with Gasteiger partial charge in [-0.3, -0.25) is 0 Å². The zero-order chi connectivity index (χ0) is 13.2. The van der Waals surface area contributed by atoms with Crippen molar-refractivity contribution in [2.75, 3.05) is 0 Å². The van der Waals surface area contributed by atoms with E-state index in [4.69, 9.17) is 5.11 Å². The van der Waals surface area contributed by atoms with E-state index in [0.717, 1.165) is 6.08 Å². The van der Waals surface area contributed by atoms with E-state index in [-0.39, 0.29) is 0 Å². The van der Waals surface area contributed by atoms with Crippen LogP contribution in [0.1, 0.15) is 6.92 Å². The van der Waals surface area contributed by atoms with Crippen LogP contribution in [0, 0.1) is 0 Å². The lowest BCUT2D eigenvalue weighted by Crippen LogP contribution is -1.83. The summed E-state index contributed by atoms with van der Waals surface area (Å²) in [4.78, 5) is 9.51. The maximum Gasteiger partial charge on any atom is 0.327 e. The zero-order valence-corrected chi connectivity index (χ0v) is 10.3. The highest BCUT2D eigenvalue weighted by Crippen LogP contribution is 2.17. The van der Waals surface area contributed by atoms with Crippen molar-refractivity contribution in [3.63, 3.8) is 0 Å². The summed E-state index contributed by atoms with van der Waals surface area (Å²) in [6, 6.07) is 20.8. The third-order valence-corrected chi connectivity index (χ3v) is 2.19. The quantitative estimate of drug-likeness (QED) is 0.805. The van der Waals surface area contributed by atoms with E-state index >= 15 is 0 Å². The van der Waals surface area contributed by atoms with E-state index in [1.165, 1.54) is 17.2 Å². The van der Waals surface area contributed by atoms with Crippen molar-refractivity contribution in [2.24, 2.45) is 0 Å². The SMILES string of the molecule is CC=CC(=O)O.c1ccc(-c2ccccc2)cc1. The van der Waals surface area contributed by atoms with E-state index in [1.54, 1.807) is 6.92 Å². The van der Waals surface area contributed by atoms with Crippen LogP contribution in [0.2, 0.25) is 0 Å². The van der Waals surface area contributed by atoms with Gasteiger partial charge in [-0.05, 0) is 18.1 Å². The lowest BCUT2D eigenvalue weighted by atomic mass is 10.1. The van der Waals surface area contributed by atoms with E-state index in [1.807, 2.05) is 12.1 Å². The van der Waals surface area contributed by atoms with Crippen LogP contribution >= 0.6 is 0 Å². The molecule has 0 atom stereocenters. The Labute approximate surface area is 107 Å². The molecular formula is C16H16O2. The maximum absolute atomic E-state index is 9.51. The van der Waals surface area contributed by atoms with E-state index in [0.29, 0.717) is 0 Å². The van der Waals surface area contributed by atoms with E-state index in [9.17, 15) is 4.79 Å². The molecule has 0 bridgehead atoms. The van der Waals surface area contributed by atoms with Gasteiger partial charge < -0.3 is 5.11 Å². The number of rotatable bonds is 2. The van der Waals surface area contributed by atoms with Gasteiger partial charge in [-0.15, -0.1) is 0 Å². The molecule has 1 N–H and O–H groups in total. The monoisotopic (exact) mass is 240 g/mol. The molecule has 0 radical (unpaired) electrons. The Morgan fingerprint density at radius 2 is 1.28 bits per heavy atom. The van der Waals surface area contributed by atoms with Crippen LogP contribution in [0.25, 0.3) is 11.1 Å². The van der Waals surface area contributed by atoms with Gasteiger partial charge in [-0.1, -0.05) is 66.7 Å². The summed E-state index contributed by atoms with van der Waals surface area (Å²) in [5.41, 5.74) is 2.55. The van der Waals surface area contributed by atoms with Crippen LogP contribution in [0.15, 0.2) is 72.8 Å². The third kappa shape index (κ3) is 5.12. The Balaban J connectivity index is 0.000000232. The highest BCUT2D eigenvalue weighted by Gasteiger charge is 1.91. The molecule has 0 amide bonds. The highest BCUT2D eigenvalue weighted by molar-refractivity contribution is 5.79. The van der Waals surface area contributed by atoms with Gasteiger partial charge in [0.2, 0.25) is 0 Å². The van der Waals surface area contributed by atoms with Crippen molar-refractivity contribution in [3.8, 4) is 11.1 Å². The summed E-state index contributed by atoms with van der Waals surface area (Å²) in [5.74, 6) is -0.891. The first kappa shape index (κ1) is 13.7. The second kappa shape index (κ2) is 7.85. The number of hydrogen-bond donors (Lipinski definition) is 1. The van der Waals surface area contributed by atoms with Gasteiger partial charge in [0.05, 0.1) is 0 Å². The van der Waals surface area contributed by atoms with Gasteiger partial charge in [0.15, 0.2) is 0 Å². The summed E-state index contributed by atoms with van der Waals surface area (Å²) in [6.07, 6.45) is 2.56. The molecule has 2 heteroatoms. The molecule has 2 aromatic carbocycles. The molecule has 0 aliphatic carbocycles. The molecule has 18 heavy (non-hydrogen) atoms. The topological polar surface area (TPSA) is 37.3 Å². The van der Waals surface area contributed by atoms with Crippen LogP contribution in [-0.2, 0) is 4.79 Å². The first-order valence-electron chi connectivity index (χ1n) is 5.70. The average molecular weight is 240 g/mol. The molecule has 92 valence electrons. The molecule has 0 heterocycles. The number of hydrogen-bond acceptors (Lipinski definition) is 1. The Hall–Kier alpha value is -2.35. The summed E-state index contributed by atoms with van der Waals surface area (Å²) in [7, 11) is 0. The standard InChI is InChI=1S/C12H10.C4H6O2/c1-3-7-11(8-4-1)12-9-5-2-6-10-12;1-2-3-4(5)6/h1-10H;2-3H,1H3,(H,5,6). The lowest BCUT2D eigenvalue weighted by molar-refractivity contribution is -0.131. The molecule has 2 aromatic rings. The number of benzene rings is 2. The van der Waals surface area contributed by atoms with Crippen molar-refractivity contribution in [1.82, 2.24) is 0 Å². The Bertz CT molecular complexity index is 450. The van der Waals surface area contributed by atoms with Crippen LogP contribution in [0.4, 0.5) is 0 Å². The minimum absolute atomic E-state index is 0.891. The number of carbonyl (C=O) groups is 1. The van der Waals surface area contributed by atoms with Crippen LogP contribution < -0.4 is 0 Å². The fourth-order valence-electron chi connectivity index (χ4n) is 1.40. The fraction of sp³-hybridized carbons (Fsp3) is 0.0625. The number of aliphatic carboxylic acids is 1. The summed E-state index contributed by atoms with van der Waals surface area (Å²) in [6.45, 7) is 1.66. The predicted octanol–water partition coefficient (Wildman–Crippen LogP) is 4.00. The number of allylic oxidation sites excluding steroid dienone is 1. The highest BCUT2D eigenvalue weighted by atomic mass is 16.4. The number of carboxylic acid groups (broad SMARTS) is 1. The predicted molar refractivity (Wildman–Crippen MR) is 74.3 cm³/mol. The van der Waals surface area contributed by atoms with Crippen LogP contribution in [-0.4, -0.2) is 11.1 Å². The zero-order valence-electron chi connectivity index (χ0n) is 10.3. The molecule has 0 saturated carbocycles. The normalized spacial score (nSPS) is 9.61. The molecule has 0 fully saturated rings. The third-order valence-electron chi connectivity index (χ3n) is 2.19. The average Bonchev–Trinajstić information content (AvgIpc) is 2.41. The molecule has 2 rings (SSSR count). The van der Waals surface area contributed by atoms with Crippen molar-refractivity contribution in [3.05, 3.63) is 72.8 Å². The Kier molecular flexibility index (Phi) is 5.98. The second-order valence-corrected chi connectivity index (χ2v) is 3.57.